The zero-order valence-electron chi connectivity index (χ0n) is 12.2. The van der Waals surface area contributed by atoms with E-state index in [4.69, 9.17) is 4.74 Å². The van der Waals surface area contributed by atoms with E-state index in [2.05, 4.69) is 30.2 Å². The molecule has 0 spiro atoms. The van der Waals surface area contributed by atoms with Crippen molar-refractivity contribution in [3.63, 3.8) is 0 Å². The van der Waals surface area contributed by atoms with Crippen molar-refractivity contribution < 1.29 is 4.74 Å². The Kier molecular flexibility index (Phi) is 5.80. The van der Waals surface area contributed by atoms with Gasteiger partial charge in [-0.25, -0.2) is 0 Å². The van der Waals surface area contributed by atoms with Crippen LogP contribution in [0.2, 0.25) is 0 Å². The number of nitrogens with one attached hydrogen (secondary N) is 1. The van der Waals surface area contributed by atoms with E-state index in [1.807, 2.05) is 12.4 Å². The van der Waals surface area contributed by atoms with E-state index in [0.717, 1.165) is 32.1 Å². The van der Waals surface area contributed by atoms with E-state index in [-0.39, 0.29) is 0 Å². The lowest BCUT2D eigenvalue weighted by Crippen LogP contribution is -2.27. The molecule has 1 atom stereocenters. The van der Waals surface area contributed by atoms with Gasteiger partial charge in [0.1, 0.15) is 0 Å². The summed E-state index contributed by atoms with van der Waals surface area (Å²) in [6.07, 6.45) is 8.61. The van der Waals surface area contributed by atoms with Gasteiger partial charge in [-0.1, -0.05) is 13.8 Å². The highest BCUT2D eigenvalue weighted by molar-refractivity contribution is 5.26. The number of hydrogen-bond donors (Lipinski definition) is 1. The summed E-state index contributed by atoms with van der Waals surface area (Å²) >= 11 is 0. The summed E-state index contributed by atoms with van der Waals surface area (Å²) in [5.41, 5.74) is 2.81. The molecule has 0 aromatic carbocycles. The SMILES string of the molecule is CCNC(CC1CCOCC1)c1ccncc1CC. The highest BCUT2D eigenvalue weighted by Crippen LogP contribution is 2.29. The zero-order valence-corrected chi connectivity index (χ0v) is 12.2. The summed E-state index contributed by atoms with van der Waals surface area (Å²) in [5.74, 6) is 0.788. The molecule has 1 aromatic rings. The molecule has 0 bridgehead atoms. The fourth-order valence-electron chi connectivity index (χ4n) is 2.96. The molecule has 1 aliphatic rings. The van der Waals surface area contributed by atoms with Crippen molar-refractivity contribution in [1.29, 1.82) is 0 Å². The van der Waals surface area contributed by atoms with Gasteiger partial charge in [-0.2, -0.15) is 0 Å². The molecule has 0 aliphatic carbocycles. The quantitative estimate of drug-likeness (QED) is 0.855. The van der Waals surface area contributed by atoms with Crippen LogP contribution in [-0.2, 0) is 11.2 Å². The smallest absolute Gasteiger partial charge is 0.0468 e. The van der Waals surface area contributed by atoms with Crippen molar-refractivity contribution in [1.82, 2.24) is 10.3 Å². The van der Waals surface area contributed by atoms with Crippen LogP contribution in [0.4, 0.5) is 0 Å². The predicted octanol–water partition coefficient (Wildman–Crippen LogP) is 3.11. The van der Waals surface area contributed by atoms with Crippen LogP contribution in [0.3, 0.4) is 0 Å². The lowest BCUT2D eigenvalue weighted by Gasteiger charge is -2.28. The van der Waals surface area contributed by atoms with Crippen molar-refractivity contribution in [2.24, 2.45) is 5.92 Å². The Balaban J connectivity index is 2.09. The average molecular weight is 262 g/mol. The summed E-state index contributed by atoms with van der Waals surface area (Å²) < 4.78 is 5.46. The van der Waals surface area contributed by atoms with Gasteiger partial charge in [-0.05, 0) is 55.3 Å². The molecule has 1 saturated heterocycles. The molecule has 3 nitrogen and oxygen atoms in total. The van der Waals surface area contributed by atoms with Gasteiger partial charge in [0.15, 0.2) is 0 Å². The van der Waals surface area contributed by atoms with Crippen molar-refractivity contribution in [3.8, 4) is 0 Å². The maximum absolute atomic E-state index is 5.46. The van der Waals surface area contributed by atoms with Gasteiger partial charge in [0.25, 0.3) is 0 Å². The Bertz CT molecular complexity index is 375. The van der Waals surface area contributed by atoms with Crippen LogP contribution in [0.5, 0.6) is 0 Å². The number of hydrogen-bond acceptors (Lipinski definition) is 3. The standard InChI is InChI=1S/C16H26N2O/c1-3-14-12-17-8-5-15(14)16(18-4-2)11-13-6-9-19-10-7-13/h5,8,12-13,16,18H,3-4,6-7,9-11H2,1-2H3. The number of pyridine rings is 1. The van der Waals surface area contributed by atoms with E-state index >= 15 is 0 Å². The molecular weight excluding hydrogens is 236 g/mol. The minimum absolute atomic E-state index is 0.464. The molecule has 0 amide bonds. The third-order valence-electron chi connectivity index (χ3n) is 4.06. The van der Waals surface area contributed by atoms with E-state index in [0.29, 0.717) is 6.04 Å². The molecule has 1 N–H and O–H groups in total. The van der Waals surface area contributed by atoms with E-state index in [1.54, 1.807) is 0 Å². The second kappa shape index (κ2) is 7.61. The van der Waals surface area contributed by atoms with Crippen LogP contribution in [0.25, 0.3) is 0 Å². The first-order valence-corrected chi connectivity index (χ1v) is 7.59. The number of ether oxygens (including phenoxy) is 1. The Hall–Kier alpha value is -0.930. The molecule has 1 aliphatic heterocycles. The van der Waals surface area contributed by atoms with Crippen molar-refractivity contribution in [2.45, 2.75) is 45.6 Å². The summed E-state index contributed by atoms with van der Waals surface area (Å²) in [4.78, 5) is 4.26. The number of aromatic nitrogens is 1. The molecule has 106 valence electrons. The summed E-state index contributed by atoms with van der Waals surface area (Å²) in [6, 6.07) is 2.65. The molecule has 3 heteroatoms. The van der Waals surface area contributed by atoms with Crippen LogP contribution in [0, 0.1) is 5.92 Å². The summed E-state index contributed by atoms with van der Waals surface area (Å²) in [5, 5.41) is 3.65. The second-order valence-corrected chi connectivity index (χ2v) is 5.33. The van der Waals surface area contributed by atoms with E-state index < -0.39 is 0 Å². The van der Waals surface area contributed by atoms with Gasteiger partial charge in [-0.15, -0.1) is 0 Å². The number of rotatable bonds is 6. The van der Waals surface area contributed by atoms with Crippen molar-refractivity contribution in [3.05, 3.63) is 29.6 Å². The van der Waals surface area contributed by atoms with Crippen LogP contribution >= 0.6 is 0 Å². The van der Waals surface area contributed by atoms with Crippen LogP contribution in [-0.4, -0.2) is 24.7 Å². The molecule has 1 fully saturated rings. The van der Waals surface area contributed by atoms with Gasteiger partial charge >= 0.3 is 0 Å². The Morgan fingerprint density at radius 1 is 1.37 bits per heavy atom. The molecule has 1 aromatic heterocycles. The summed E-state index contributed by atoms with van der Waals surface area (Å²) in [6.45, 7) is 7.27. The van der Waals surface area contributed by atoms with E-state index in [9.17, 15) is 0 Å². The van der Waals surface area contributed by atoms with Crippen molar-refractivity contribution >= 4 is 0 Å². The monoisotopic (exact) mass is 262 g/mol. The Morgan fingerprint density at radius 3 is 2.84 bits per heavy atom. The molecule has 0 radical (unpaired) electrons. The maximum atomic E-state index is 5.46. The largest absolute Gasteiger partial charge is 0.381 e. The fraction of sp³-hybridized carbons (Fsp3) is 0.688. The van der Waals surface area contributed by atoms with Crippen LogP contribution < -0.4 is 5.32 Å². The first-order chi connectivity index (χ1) is 9.35. The number of aryl methyl sites for hydroxylation is 1. The van der Waals surface area contributed by atoms with Crippen LogP contribution in [0.1, 0.15) is 50.3 Å². The first kappa shape index (κ1) is 14.5. The zero-order chi connectivity index (χ0) is 13.5. The number of nitrogens with zero attached hydrogens (tertiary/aromatic N) is 1. The third-order valence-corrected chi connectivity index (χ3v) is 4.06. The highest BCUT2D eigenvalue weighted by atomic mass is 16.5. The van der Waals surface area contributed by atoms with Crippen LogP contribution in [0.15, 0.2) is 18.5 Å². The third kappa shape index (κ3) is 4.02. The molecule has 2 rings (SSSR count). The average Bonchev–Trinajstić information content (AvgIpc) is 2.48. The minimum Gasteiger partial charge on any atom is -0.381 e. The topological polar surface area (TPSA) is 34.1 Å². The van der Waals surface area contributed by atoms with Gasteiger partial charge in [-0.3, -0.25) is 4.98 Å². The first-order valence-electron chi connectivity index (χ1n) is 7.59. The highest BCUT2D eigenvalue weighted by Gasteiger charge is 2.21. The molecule has 19 heavy (non-hydrogen) atoms. The molecular formula is C16H26N2O. The predicted molar refractivity (Wildman–Crippen MR) is 78.2 cm³/mol. The van der Waals surface area contributed by atoms with Gasteiger partial charge in [0.2, 0.25) is 0 Å². The van der Waals surface area contributed by atoms with Gasteiger partial charge < -0.3 is 10.1 Å². The molecule has 1 unspecified atom stereocenters. The Labute approximate surface area is 116 Å². The normalized spacial score (nSPS) is 18.4. The lowest BCUT2D eigenvalue weighted by molar-refractivity contribution is 0.0605. The maximum Gasteiger partial charge on any atom is 0.0468 e. The van der Waals surface area contributed by atoms with Gasteiger partial charge in [0.05, 0.1) is 0 Å². The lowest BCUT2D eigenvalue weighted by atomic mass is 9.88. The minimum atomic E-state index is 0.464. The van der Waals surface area contributed by atoms with Crippen molar-refractivity contribution in [2.75, 3.05) is 19.8 Å². The molecule has 2 heterocycles. The second-order valence-electron chi connectivity index (χ2n) is 5.33. The Morgan fingerprint density at radius 2 is 2.16 bits per heavy atom. The fourth-order valence-corrected chi connectivity index (χ4v) is 2.96. The summed E-state index contributed by atoms with van der Waals surface area (Å²) in [7, 11) is 0. The molecule has 0 saturated carbocycles. The van der Waals surface area contributed by atoms with Gasteiger partial charge in [0, 0.05) is 31.6 Å². The van der Waals surface area contributed by atoms with E-state index in [1.165, 1.54) is 30.4 Å².